The van der Waals surface area contributed by atoms with E-state index in [1.807, 2.05) is 28.7 Å². The number of ether oxygens (including phenoxy) is 1. The number of nitrogens with one attached hydrogen (secondary N) is 1. The fraction of sp³-hybridized carbons (Fsp3) is 0.550. The predicted octanol–water partition coefficient (Wildman–Crippen LogP) is 0.0805. The molecule has 1 saturated heterocycles. The molecule has 0 bridgehead atoms. The van der Waals surface area contributed by atoms with Crippen LogP contribution in [0, 0.1) is 6.92 Å². The number of rotatable bonds is 7. The van der Waals surface area contributed by atoms with Crippen molar-refractivity contribution in [3.63, 3.8) is 0 Å². The molecule has 1 aliphatic heterocycles. The Morgan fingerprint density at radius 3 is 2.38 bits per heavy atom. The van der Waals surface area contributed by atoms with Crippen LogP contribution in [0.2, 0.25) is 0 Å². The Morgan fingerprint density at radius 2 is 1.91 bits per heavy atom. The minimum atomic E-state index is -0.579. The largest absolute Gasteiger partial charge is 0.483 e. The van der Waals surface area contributed by atoms with Crippen LogP contribution in [0.1, 0.15) is 24.1 Å². The van der Waals surface area contributed by atoms with E-state index in [0.29, 0.717) is 13.2 Å². The van der Waals surface area contributed by atoms with Crippen LogP contribution in [-0.4, -0.2) is 86.6 Å². The van der Waals surface area contributed by atoms with Crippen LogP contribution in [0.4, 0.5) is 0 Å². The second-order valence-electron chi connectivity index (χ2n) is 7.12. The molecule has 32 heavy (non-hydrogen) atoms. The number of nitrogens with zero attached hydrogens (tertiary/aromatic N) is 5. The molecule has 0 atom stereocenters. The highest BCUT2D eigenvalue weighted by Crippen LogP contribution is 2.31. The van der Waals surface area contributed by atoms with E-state index >= 15 is 0 Å². The maximum atomic E-state index is 13.0. The number of likely N-dealkylation sites (tertiary alicyclic amines) is 1. The van der Waals surface area contributed by atoms with Gasteiger partial charge < -0.3 is 24.8 Å². The number of hydrogen-bond donors (Lipinski definition) is 3. The lowest BCUT2D eigenvalue weighted by atomic mass is 9.85. The number of piperidine rings is 1. The van der Waals surface area contributed by atoms with Gasteiger partial charge in [-0.3, -0.25) is 24.0 Å². The topological polar surface area (TPSA) is 152 Å². The predicted molar refractivity (Wildman–Crippen MR) is 115 cm³/mol. The lowest BCUT2D eigenvalue weighted by molar-refractivity contribution is -0.133. The molecule has 0 spiro atoms. The highest BCUT2D eigenvalue weighted by atomic mass is 16.5. The van der Waals surface area contributed by atoms with Crippen LogP contribution >= 0.6 is 0 Å². The summed E-state index contributed by atoms with van der Waals surface area (Å²) in [6.07, 6.45) is 8.80. The Hall–Kier alpha value is -3.25. The summed E-state index contributed by atoms with van der Waals surface area (Å²) in [6.45, 7) is 5.19. The molecule has 1 aliphatic rings. The van der Waals surface area contributed by atoms with Crippen LogP contribution in [-0.2, 0) is 38.3 Å². The van der Waals surface area contributed by atoms with Crippen LogP contribution < -0.4 is 5.32 Å². The van der Waals surface area contributed by atoms with E-state index in [0.717, 1.165) is 32.5 Å². The van der Waals surface area contributed by atoms with Gasteiger partial charge in [0.2, 0.25) is 5.91 Å². The summed E-state index contributed by atoms with van der Waals surface area (Å²) >= 11 is 0. The third-order valence-corrected chi connectivity index (χ3v) is 5.43. The van der Waals surface area contributed by atoms with E-state index in [1.54, 1.807) is 19.6 Å². The molecule has 0 aliphatic carbocycles. The van der Waals surface area contributed by atoms with Crippen molar-refractivity contribution in [2.24, 2.45) is 7.05 Å². The van der Waals surface area contributed by atoms with Gasteiger partial charge in [-0.15, -0.1) is 0 Å². The van der Waals surface area contributed by atoms with E-state index in [-0.39, 0.29) is 18.9 Å². The van der Waals surface area contributed by atoms with Gasteiger partial charge >= 0.3 is 0 Å². The fourth-order valence-corrected chi connectivity index (χ4v) is 3.57. The number of carbonyl (C=O) groups excluding carboxylic acids is 1. The average Bonchev–Trinajstić information content (AvgIpc) is 3.42. The Morgan fingerprint density at radius 1 is 1.28 bits per heavy atom. The van der Waals surface area contributed by atoms with Gasteiger partial charge in [-0.2, -0.15) is 5.10 Å². The molecule has 3 N–H and O–H groups in total. The van der Waals surface area contributed by atoms with Gasteiger partial charge in [-0.25, -0.2) is 4.98 Å². The van der Waals surface area contributed by atoms with E-state index < -0.39 is 5.54 Å². The van der Waals surface area contributed by atoms with Crippen molar-refractivity contribution in [3.8, 4) is 0 Å². The smallest absolute Gasteiger partial charge is 0.290 e. The van der Waals surface area contributed by atoms with Crippen molar-refractivity contribution in [3.05, 3.63) is 36.2 Å². The van der Waals surface area contributed by atoms with Gasteiger partial charge in [0.25, 0.3) is 12.9 Å². The molecule has 12 nitrogen and oxygen atoms in total. The number of methoxy groups -OCH3 is 1. The van der Waals surface area contributed by atoms with E-state index in [9.17, 15) is 4.79 Å². The van der Waals surface area contributed by atoms with Crippen molar-refractivity contribution in [1.82, 2.24) is 29.5 Å². The van der Waals surface area contributed by atoms with Crippen LogP contribution in [0.15, 0.2) is 24.9 Å². The van der Waals surface area contributed by atoms with Crippen LogP contribution in [0.3, 0.4) is 0 Å². The standard InChI is InChI=1S/C18H28N6O2.2CH2O2/c1-15-16(12-21-22(15)2)13-23-8-4-18(5-9-23,24-10-6-19-14-24)17(25)20-7-11-26-3;2*2-1-3/h6,10,12,14H,4-5,7-9,11,13H2,1-3H3,(H,20,25);2*1H,(H,2,3). The summed E-state index contributed by atoms with van der Waals surface area (Å²) in [4.78, 5) is 36.2. The Balaban J connectivity index is 0.000000769. The molecule has 0 radical (unpaired) electrons. The van der Waals surface area contributed by atoms with E-state index in [1.165, 1.54) is 11.3 Å². The summed E-state index contributed by atoms with van der Waals surface area (Å²) in [5, 5.41) is 21.1. The number of aryl methyl sites for hydroxylation is 1. The Labute approximate surface area is 186 Å². The second kappa shape index (κ2) is 13.9. The molecule has 0 saturated carbocycles. The molecule has 3 rings (SSSR count). The zero-order valence-electron chi connectivity index (χ0n) is 18.7. The lowest BCUT2D eigenvalue weighted by Gasteiger charge is -2.41. The highest BCUT2D eigenvalue weighted by molar-refractivity contribution is 5.84. The van der Waals surface area contributed by atoms with Gasteiger partial charge in [0, 0.05) is 64.0 Å². The molecule has 12 heteroatoms. The first-order valence-electron chi connectivity index (χ1n) is 10.0. The van der Waals surface area contributed by atoms with E-state index in [2.05, 4.69) is 27.2 Å². The van der Waals surface area contributed by atoms with Crippen molar-refractivity contribution in [1.29, 1.82) is 0 Å². The summed E-state index contributed by atoms with van der Waals surface area (Å²) in [5.41, 5.74) is 1.85. The van der Waals surface area contributed by atoms with Gasteiger partial charge in [-0.1, -0.05) is 0 Å². The average molecular weight is 453 g/mol. The second-order valence-corrected chi connectivity index (χ2v) is 7.12. The maximum absolute atomic E-state index is 13.0. The number of hydrogen-bond acceptors (Lipinski definition) is 7. The van der Waals surface area contributed by atoms with Gasteiger partial charge in [0.15, 0.2) is 0 Å². The number of amides is 1. The first-order valence-corrected chi connectivity index (χ1v) is 10.0. The van der Waals surface area contributed by atoms with Crippen molar-refractivity contribution in [2.45, 2.75) is 31.8 Å². The van der Waals surface area contributed by atoms with Crippen LogP contribution in [0.5, 0.6) is 0 Å². The monoisotopic (exact) mass is 452 g/mol. The molecular weight excluding hydrogens is 420 g/mol. The minimum absolute atomic E-state index is 0.0461. The zero-order chi connectivity index (χ0) is 24.0. The molecule has 0 unspecified atom stereocenters. The summed E-state index contributed by atoms with van der Waals surface area (Å²) in [6, 6.07) is 0. The third kappa shape index (κ3) is 7.17. The molecule has 2 aromatic rings. The van der Waals surface area contributed by atoms with Crippen LogP contribution in [0.25, 0.3) is 0 Å². The molecular formula is C20H32N6O6. The Bertz CT molecular complexity index is 809. The molecule has 1 amide bonds. The summed E-state index contributed by atoms with van der Waals surface area (Å²) < 4.78 is 8.91. The third-order valence-electron chi connectivity index (χ3n) is 5.43. The normalized spacial score (nSPS) is 14.8. The quantitative estimate of drug-likeness (QED) is 0.392. The Kier molecular flexibility index (Phi) is 11.7. The molecule has 1 fully saturated rings. The first-order chi connectivity index (χ1) is 15.4. The molecule has 178 valence electrons. The molecule has 2 aromatic heterocycles. The van der Waals surface area contributed by atoms with E-state index in [4.69, 9.17) is 24.5 Å². The lowest BCUT2D eigenvalue weighted by Crippen LogP contribution is -2.55. The zero-order valence-corrected chi connectivity index (χ0v) is 18.7. The summed E-state index contributed by atoms with van der Waals surface area (Å²) in [5.74, 6) is 0.0461. The SMILES string of the molecule is COCCNC(=O)C1(n2ccnc2)CCN(Cc2cnn(C)c2C)CC1.O=CO.O=CO. The van der Waals surface area contributed by atoms with Crippen molar-refractivity contribution in [2.75, 3.05) is 33.4 Å². The van der Waals surface area contributed by atoms with Gasteiger partial charge in [0.1, 0.15) is 5.54 Å². The maximum Gasteiger partial charge on any atom is 0.290 e. The van der Waals surface area contributed by atoms with Gasteiger partial charge in [-0.05, 0) is 19.8 Å². The fourth-order valence-electron chi connectivity index (χ4n) is 3.57. The molecule has 3 heterocycles. The van der Waals surface area contributed by atoms with Crippen molar-refractivity contribution < 1.29 is 29.3 Å². The number of aromatic nitrogens is 4. The number of imidazole rings is 1. The number of carbonyl (C=O) groups is 3. The molecule has 0 aromatic carbocycles. The highest BCUT2D eigenvalue weighted by Gasteiger charge is 2.42. The minimum Gasteiger partial charge on any atom is -0.483 e. The van der Waals surface area contributed by atoms with Crippen molar-refractivity contribution >= 4 is 18.9 Å². The number of carboxylic acid groups (broad SMARTS) is 2. The summed E-state index contributed by atoms with van der Waals surface area (Å²) in [7, 11) is 3.60. The first kappa shape index (κ1) is 26.8. The van der Waals surface area contributed by atoms with Gasteiger partial charge in [0.05, 0.1) is 19.1 Å².